The number of amides is 2. The Labute approximate surface area is 196 Å². The van der Waals surface area contributed by atoms with Gasteiger partial charge in [-0.15, -0.1) is 11.3 Å². The van der Waals surface area contributed by atoms with Gasteiger partial charge in [-0.1, -0.05) is 24.6 Å². The normalized spacial score (nSPS) is 14.0. The molecule has 4 rings (SSSR count). The molecule has 0 aliphatic carbocycles. The number of carbonyl (C=O) groups excluding carboxylic acids is 2. The van der Waals surface area contributed by atoms with Crippen LogP contribution in [0.3, 0.4) is 0 Å². The zero-order valence-electron chi connectivity index (χ0n) is 18.1. The predicted molar refractivity (Wildman–Crippen MR) is 129 cm³/mol. The van der Waals surface area contributed by atoms with E-state index in [1.165, 1.54) is 4.90 Å². The average Bonchev–Trinajstić information content (AvgIpc) is 3.24. The second-order valence-electron chi connectivity index (χ2n) is 7.74. The van der Waals surface area contributed by atoms with Crippen molar-refractivity contribution in [3.63, 3.8) is 0 Å². The highest BCUT2D eigenvalue weighted by atomic mass is 35.5. The highest BCUT2D eigenvalue weighted by Gasteiger charge is 2.33. The van der Waals surface area contributed by atoms with E-state index < -0.39 is 6.04 Å². The van der Waals surface area contributed by atoms with Crippen LogP contribution < -0.4 is 15.0 Å². The van der Waals surface area contributed by atoms with E-state index in [0.29, 0.717) is 22.1 Å². The molecule has 2 heterocycles. The maximum atomic E-state index is 13.0. The van der Waals surface area contributed by atoms with Gasteiger partial charge in [-0.2, -0.15) is 0 Å². The fourth-order valence-corrected chi connectivity index (χ4v) is 4.65. The molecule has 6 nitrogen and oxygen atoms in total. The van der Waals surface area contributed by atoms with Crippen molar-refractivity contribution in [3.05, 3.63) is 57.4 Å². The summed E-state index contributed by atoms with van der Waals surface area (Å²) < 4.78 is 5.62. The average molecular weight is 470 g/mol. The predicted octanol–water partition coefficient (Wildman–Crippen LogP) is 5.48. The SMILES string of the molecule is CCCc1nc(-c2ccc3c(c2)N(C(C)C(=O)Nc2ccc(C)c(Cl)c2)C(=O)CO3)cs1. The molecule has 0 saturated heterocycles. The van der Waals surface area contributed by atoms with Crippen LogP contribution in [0.15, 0.2) is 41.8 Å². The standard InChI is InChI=1S/C24H24ClN3O3S/c1-4-5-22-27-19(13-32-22)16-7-9-21-20(10-16)28(23(29)12-31-21)15(3)24(30)26-17-8-6-14(2)18(25)11-17/h6-11,13,15H,4-5,12H2,1-3H3,(H,26,30). The summed E-state index contributed by atoms with van der Waals surface area (Å²) in [6.45, 7) is 5.60. The number of thiazole rings is 1. The Kier molecular flexibility index (Phi) is 6.48. The van der Waals surface area contributed by atoms with Gasteiger partial charge in [-0.25, -0.2) is 4.98 Å². The molecule has 1 unspecified atom stereocenters. The second kappa shape index (κ2) is 9.30. The van der Waals surface area contributed by atoms with Gasteiger partial charge in [0.1, 0.15) is 11.8 Å². The van der Waals surface area contributed by atoms with Gasteiger partial charge < -0.3 is 10.1 Å². The van der Waals surface area contributed by atoms with Crippen molar-refractivity contribution in [2.75, 3.05) is 16.8 Å². The molecule has 1 aromatic heterocycles. The molecule has 1 atom stereocenters. The van der Waals surface area contributed by atoms with E-state index in [0.717, 1.165) is 34.7 Å². The lowest BCUT2D eigenvalue weighted by Crippen LogP contribution is -2.49. The number of ether oxygens (including phenoxy) is 1. The number of benzene rings is 2. The molecular formula is C24H24ClN3O3S. The van der Waals surface area contributed by atoms with Crippen LogP contribution in [-0.2, 0) is 16.0 Å². The van der Waals surface area contributed by atoms with Crippen LogP contribution in [0.5, 0.6) is 5.75 Å². The monoisotopic (exact) mass is 469 g/mol. The van der Waals surface area contributed by atoms with Gasteiger partial charge in [0.05, 0.1) is 16.4 Å². The maximum absolute atomic E-state index is 13.0. The first-order valence-corrected chi connectivity index (χ1v) is 11.7. The Balaban J connectivity index is 1.62. The van der Waals surface area contributed by atoms with Crippen molar-refractivity contribution in [1.82, 2.24) is 4.98 Å². The van der Waals surface area contributed by atoms with Crippen molar-refractivity contribution in [2.45, 2.75) is 39.7 Å². The molecule has 2 amide bonds. The Hall–Kier alpha value is -2.90. The summed E-state index contributed by atoms with van der Waals surface area (Å²) in [6, 6.07) is 10.2. The summed E-state index contributed by atoms with van der Waals surface area (Å²) in [7, 11) is 0. The highest BCUT2D eigenvalue weighted by Crippen LogP contribution is 2.37. The summed E-state index contributed by atoms with van der Waals surface area (Å²) in [4.78, 5) is 32.0. The molecule has 1 N–H and O–H groups in total. The van der Waals surface area contributed by atoms with Gasteiger partial charge in [0.15, 0.2) is 6.61 Å². The number of hydrogen-bond acceptors (Lipinski definition) is 5. The molecule has 8 heteroatoms. The van der Waals surface area contributed by atoms with E-state index in [9.17, 15) is 9.59 Å². The van der Waals surface area contributed by atoms with E-state index in [1.54, 1.807) is 30.4 Å². The van der Waals surface area contributed by atoms with Crippen molar-refractivity contribution in [3.8, 4) is 17.0 Å². The number of aromatic nitrogens is 1. The van der Waals surface area contributed by atoms with Gasteiger partial charge in [0.2, 0.25) is 5.91 Å². The number of aryl methyl sites for hydroxylation is 2. The Bertz CT molecular complexity index is 1180. The number of anilines is 2. The van der Waals surface area contributed by atoms with Crippen LogP contribution in [0.2, 0.25) is 5.02 Å². The molecule has 2 aromatic carbocycles. The van der Waals surface area contributed by atoms with E-state index in [4.69, 9.17) is 21.3 Å². The van der Waals surface area contributed by atoms with Crippen LogP contribution in [0.4, 0.5) is 11.4 Å². The molecule has 3 aromatic rings. The summed E-state index contributed by atoms with van der Waals surface area (Å²) in [5.74, 6) is -0.0185. The minimum absolute atomic E-state index is 0.113. The lowest BCUT2D eigenvalue weighted by molar-refractivity contribution is -0.125. The van der Waals surface area contributed by atoms with Gasteiger partial charge in [-0.05, 0) is 62.6 Å². The smallest absolute Gasteiger partial charge is 0.265 e. The number of carbonyl (C=O) groups is 2. The number of rotatable bonds is 6. The first-order chi connectivity index (χ1) is 15.4. The number of fused-ring (bicyclic) bond motifs is 1. The Morgan fingerprint density at radius 1 is 1.31 bits per heavy atom. The third kappa shape index (κ3) is 4.49. The zero-order valence-corrected chi connectivity index (χ0v) is 19.7. The fourth-order valence-electron chi connectivity index (χ4n) is 3.56. The zero-order chi connectivity index (χ0) is 22.8. The number of hydrogen-bond donors (Lipinski definition) is 1. The minimum atomic E-state index is -0.744. The van der Waals surface area contributed by atoms with Crippen LogP contribution in [-0.4, -0.2) is 29.4 Å². The summed E-state index contributed by atoms with van der Waals surface area (Å²) in [5, 5.41) is 6.51. The quantitative estimate of drug-likeness (QED) is 0.519. The lowest BCUT2D eigenvalue weighted by Gasteiger charge is -2.33. The first-order valence-electron chi connectivity index (χ1n) is 10.5. The van der Waals surface area contributed by atoms with E-state index in [2.05, 4.69) is 12.2 Å². The minimum Gasteiger partial charge on any atom is -0.482 e. The molecule has 1 aliphatic rings. The summed E-state index contributed by atoms with van der Waals surface area (Å²) in [5.41, 5.74) is 3.80. The number of nitrogens with one attached hydrogen (secondary N) is 1. The molecule has 0 fully saturated rings. The molecule has 1 aliphatic heterocycles. The Morgan fingerprint density at radius 2 is 2.12 bits per heavy atom. The first kappa shape index (κ1) is 22.3. The van der Waals surface area contributed by atoms with Crippen molar-refractivity contribution >= 4 is 46.1 Å². The maximum Gasteiger partial charge on any atom is 0.265 e. The van der Waals surface area contributed by atoms with Crippen molar-refractivity contribution < 1.29 is 14.3 Å². The molecule has 0 bridgehead atoms. The second-order valence-corrected chi connectivity index (χ2v) is 9.09. The van der Waals surface area contributed by atoms with Crippen LogP contribution in [0.1, 0.15) is 30.8 Å². The molecular weight excluding hydrogens is 446 g/mol. The van der Waals surface area contributed by atoms with E-state index in [1.807, 2.05) is 36.6 Å². The largest absolute Gasteiger partial charge is 0.482 e. The summed E-state index contributed by atoms with van der Waals surface area (Å²) >= 11 is 7.80. The van der Waals surface area contributed by atoms with Gasteiger partial charge in [0.25, 0.3) is 5.91 Å². The van der Waals surface area contributed by atoms with Gasteiger partial charge in [0, 0.05) is 21.7 Å². The van der Waals surface area contributed by atoms with Crippen molar-refractivity contribution in [2.24, 2.45) is 0 Å². The van der Waals surface area contributed by atoms with Crippen LogP contribution in [0.25, 0.3) is 11.3 Å². The molecule has 0 saturated carbocycles. The van der Waals surface area contributed by atoms with Crippen LogP contribution >= 0.6 is 22.9 Å². The number of nitrogens with zero attached hydrogens (tertiary/aromatic N) is 2. The highest BCUT2D eigenvalue weighted by molar-refractivity contribution is 7.09. The fraction of sp³-hybridized carbons (Fsp3) is 0.292. The third-order valence-electron chi connectivity index (χ3n) is 5.36. The lowest BCUT2D eigenvalue weighted by atomic mass is 10.1. The van der Waals surface area contributed by atoms with Crippen LogP contribution in [0, 0.1) is 6.92 Å². The van der Waals surface area contributed by atoms with Crippen molar-refractivity contribution in [1.29, 1.82) is 0 Å². The molecule has 166 valence electrons. The molecule has 32 heavy (non-hydrogen) atoms. The number of halogens is 1. The van der Waals surface area contributed by atoms with Gasteiger partial charge in [-0.3, -0.25) is 14.5 Å². The summed E-state index contributed by atoms with van der Waals surface area (Å²) in [6.07, 6.45) is 1.97. The third-order valence-corrected chi connectivity index (χ3v) is 6.67. The topological polar surface area (TPSA) is 71.5 Å². The van der Waals surface area contributed by atoms with E-state index in [-0.39, 0.29) is 18.4 Å². The van der Waals surface area contributed by atoms with E-state index >= 15 is 0 Å². The Morgan fingerprint density at radius 3 is 2.88 bits per heavy atom. The van der Waals surface area contributed by atoms with Gasteiger partial charge >= 0.3 is 0 Å². The molecule has 0 spiro atoms. The molecule has 0 radical (unpaired) electrons.